The van der Waals surface area contributed by atoms with Gasteiger partial charge in [-0.1, -0.05) is 24.3 Å². The normalized spacial score (nSPS) is 11.4. The zero-order valence-corrected chi connectivity index (χ0v) is 9.78. The van der Waals surface area contributed by atoms with Crippen molar-refractivity contribution >= 4 is 16.3 Å². The number of rotatable bonds is 0. The van der Waals surface area contributed by atoms with Gasteiger partial charge in [-0.05, 0) is 31.9 Å². The summed E-state index contributed by atoms with van der Waals surface area (Å²) in [5.74, 6) is 0. The van der Waals surface area contributed by atoms with E-state index in [1.54, 1.807) is 0 Å². The highest BCUT2D eigenvalue weighted by Gasteiger charge is 2.11. The first-order valence-electron chi connectivity index (χ1n) is 5.52. The van der Waals surface area contributed by atoms with Gasteiger partial charge >= 0.3 is 0 Å². The molecule has 2 heterocycles. The Kier molecular flexibility index (Phi) is 1.81. The number of hydrogen-bond donors (Lipinski definition) is 0. The van der Waals surface area contributed by atoms with Crippen LogP contribution >= 0.6 is 0 Å². The average molecular weight is 210 g/mol. The molecule has 2 nitrogen and oxygen atoms in total. The minimum atomic E-state index is 1.20. The molecule has 3 aromatic rings. The molecule has 80 valence electrons. The van der Waals surface area contributed by atoms with Crippen LogP contribution in [-0.4, -0.2) is 9.61 Å². The number of benzene rings is 1. The van der Waals surface area contributed by atoms with Crippen LogP contribution in [0.1, 0.15) is 16.8 Å². The molecule has 0 unspecified atom stereocenters. The third-order valence-corrected chi connectivity index (χ3v) is 3.52. The van der Waals surface area contributed by atoms with Gasteiger partial charge in [-0.25, -0.2) is 4.52 Å². The molecular weight excluding hydrogens is 196 g/mol. The van der Waals surface area contributed by atoms with Gasteiger partial charge in [0.2, 0.25) is 0 Å². The number of aromatic nitrogens is 2. The second-order valence-corrected chi connectivity index (χ2v) is 4.33. The fourth-order valence-electron chi connectivity index (χ4n) is 2.34. The van der Waals surface area contributed by atoms with E-state index >= 15 is 0 Å². The van der Waals surface area contributed by atoms with Gasteiger partial charge in [0, 0.05) is 16.5 Å². The largest absolute Gasteiger partial charge is 0.237 e. The van der Waals surface area contributed by atoms with Crippen LogP contribution in [0.15, 0.2) is 30.5 Å². The molecule has 0 fully saturated rings. The van der Waals surface area contributed by atoms with Crippen LogP contribution in [0.4, 0.5) is 0 Å². The topological polar surface area (TPSA) is 17.3 Å². The molecule has 2 aromatic heterocycles. The summed E-state index contributed by atoms with van der Waals surface area (Å²) in [6.07, 6.45) is 1.94. The summed E-state index contributed by atoms with van der Waals surface area (Å²) >= 11 is 0. The van der Waals surface area contributed by atoms with Crippen LogP contribution in [0.3, 0.4) is 0 Å². The van der Waals surface area contributed by atoms with Gasteiger partial charge < -0.3 is 0 Å². The molecule has 0 aliphatic heterocycles. The van der Waals surface area contributed by atoms with Crippen LogP contribution in [0, 0.1) is 20.8 Å². The minimum absolute atomic E-state index is 1.20. The monoisotopic (exact) mass is 210 g/mol. The third-order valence-electron chi connectivity index (χ3n) is 3.52. The van der Waals surface area contributed by atoms with Crippen LogP contribution in [0.2, 0.25) is 0 Å². The Morgan fingerprint density at radius 2 is 1.75 bits per heavy atom. The van der Waals surface area contributed by atoms with Gasteiger partial charge in [-0.2, -0.15) is 5.10 Å². The molecule has 0 N–H and O–H groups in total. The molecule has 16 heavy (non-hydrogen) atoms. The molecule has 0 atom stereocenters. The van der Waals surface area contributed by atoms with Crippen molar-refractivity contribution < 1.29 is 0 Å². The highest BCUT2D eigenvalue weighted by atomic mass is 15.2. The fraction of sp³-hybridized carbons (Fsp3) is 0.214. The Labute approximate surface area is 94.5 Å². The van der Waals surface area contributed by atoms with Crippen molar-refractivity contribution in [3.05, 3.63) is 47.3 Å². The first-order valence-corrected chi connectivity index (χ1v) is 5.52. The lowest BCUT2D eigenvalue weighted by molar-refractivity contribution is 0.905. The third kappa shape index (κ3) is 1.04. The van der Waals surface area contributed by atoms with E-state index < -0.39 is 0 Å². The predicted molar refractivity (Wildman–Crippen MR) is 66.9 cm³/mol. The second kappa shape index (κ2) is 3.08. The molecule has 1 aromatic carbocycles. The summed E-state index contributed by atoms with van der Waals surface area (Å²) in [5.41, 5.74) is 5.15. The highest BCUT2D eigenvalue weighted by Crippen LogP contribution is 2.27. The molecule has 3 rings (SSSR count). The molecule has 0 saturated heterocycles. The molecule has 0 spiro atoms. The van der Waals surface area contributed by atoms with Crippen molar-refractivity contribution in [3.8, 4) is 0 Å². The van der Waals surface area contributed by atoms with Gasteiger partial charge in [0.05, 0.1) is 11.7 Å². The van der Waals surface area contributed by atoms with E-state index in [1.165, 1.54) is 33.1 Å². The van der Waals surface area contributed by atoms with Crippen molar-refractivity contribution in [2.24, 2.45) is 0 Å². The van der Waals surface area contributed by atoms with Gasteiger partial charge in [0.25, 0.3) is 0 Å². The van der Waals surface area contributed by atoms with Crippen molar-refractivity contribution in [1.29, 1.82) is 0 Å². The molecule has 0 radical (unpaired) electrons. The molecule has 0 aliphatic rings. The quantitative estimate of drug-likeness (QED) is 0.555. The molecular formula is C14H14N2. The average Bonchev–Trinajstić information content (AvgIpc) is 2.55. The Bertz CT molecular complexity index is 693. The summed E-state index contributed by atoms with van der Waals surface area (Å²) in [6.45, 7) is 6.46. The molecule has 0 bridgehead atoms. The Balaban J connectivity index is 2.65. The maximum atomic E-state index is 4.51. The summed E-state index contributed by atoms with van der Waals surface area (Å²) in [7, 11) is 0. The van der Waals surface area contributed by atoms with E-state index in [-0.39, 0.29) is 0 Å². The van der Waals surface area contributed by atoms with Crippen LogP contribution < -0.4 is 0 Å². The lowest BCUT2D eigenvalue weighted by atomic mass is 10.1. The van der Waals surface area contributed by atoms with Crippen molar-refractivity contribution in [3.63, 3.8) is 0 Å². The van der Waals surface area contributed by atoms with Crippen LogP contribution in [0.25, 0.3) is 16.3 Å². The smallest absolute Gasteiger partial charge is 0.0760 e. The summed E-state index contributed by atoms with van der Waals surface area (Å²) in [6, 6.07) is 8.41. The standard InChI is InChI=1S/C14H14N2/c1-9-10(2)14-13-7-5-4-6-12(13)8-15-16(14)11(9)3/h4-8H,1-3H3. The number of fused-ring (bicyclic) bond motifs is 3. The molecule has 2 heteroatoms. The van der Waals surface area contributed by atoms with Gasteiger partial charge in [-0.15, -0.1) is 0 Å². The van der Waals surface area contributed by atoms with Gasteiger partial charge in [0.1, 0.15) is 0 Å². The van der Waals surface area contributed by atoms with Crippen molar-refractivity contribution in [2.75, 3.05) is 0 Å². The van der Waals surface area contributed by atoms with E-state index in [1.807, 2.05) is 10.7 Å². The maximum absolute atomic E-state index is 4.51. The van der Waals surface area contributed by atoms with Crippen LogP contribution in [-0.2, 0) is 0 Å². The van der Waals surface area contributed by atoms with E-state index in [0.717, 1.165) is 0 Å². The molecule has 0 aliphatic carbocycles. The molecule has 0 saturated carbocycles. The van der Waals surface area contributed by atoms with E-state index in [0.29, 0.717) is 0 Å². The first-order chi connectivity index (χ1) is 7.70. The lowest BCUT2D eigenvalue weighted by Crippen LogP contribution is -1.93. The second-order valence-electron chi connectivity index (χ2n) is 4.33. The lowest BCUT2D eigenvalue weighted by Gasteiger charge is -2.02. The zero-order valence-electron chi connectivity index (χ0n) is 9.78. The number of aryl methyl sites for hydroxylation is 2. The molecule has 0 amide bonds. The number of hydrogen-bond acceptors (Lipinski definition) is 1. The summed E-state index contributed by atoms with van der Waals surface area (Å²) in [4.78, 5) is 0. The SMILES string of the molecule is Cc1c(C)c2c3ccccc3cnn2c1C. The van der Waals surface area contributed by atoms with E-state index in [4.69, 9.17) is 0 Å². The number of nitrogens with zero attached hydrogens (tertiary/aromatic N) is 2. The Hall–Kier alpha value is -1.83. The van der Waals surface area contributed by atoms with E-state index in [9.17, 15) is 0 Å². The van der Waals surface area contributed by atoms with E-state index in [2.05, 4.69) is 50.1 Å². The van der Waals surface area contributed by atoms with Crippen LogP contribution in [0.5, 0.6) is 0 Å². The Morgan fingerprint density at radius 1 is 1.00 bits per heavy atom. The zero-order chi connectivity index (χ0) is 11.3. The summed E-state index contributed by atoms with van der Waals surface area (Å²) < 4.78 is 2.05. The highest BCUT2D eigenvalue weighted by molar-refractivity contribution is 5.97. The summed E-state index contributed by atoms with van der Waals surface area (Å²) in [5, 5.41) is 7.00. The minimum Gasteiger partial charge on any atom is -0.237 e. The Morgan fingerprint density at radius 3 is 2.56 bits per heavy atom. The predicted octanol–water partition coefficient (Wildman–Crippen LogP) is 3.41. The fourth-order valence-corrected chi connectivity index (χ4v) is 2.34. The maximum Gasteiger partial charge on any atom is 0.0760 e. The van der Waals surface area contributed by atoms with Gasteiger partial charge in [0.15, 0.2) is 0 Å². The van der Waals surface area contributed by atoms with Crippen molar-refractivity contribution in [1.82, 2.24) is 9.61 Å². The van der Waals surface area contributed by atoms with Gasteiger partial charge in [-0.3, -0.25) is 0 Å². The van der Waals surface area contributed by atoms with Crippen molar-refractivity contribution in [2.45, 2.75) is 20.8 Å². The first kappa shape index (κ1) is 9.40.